The minimum Gasteiger partial charge on any atom is -0.389 e. The van der Waals surface area contributed by atoms with Crippen LogP contribution in [0.15, 0.2) is 18.2 Å². The Morgan fingerprint density at radius 2 is 1.95 bits per heavy atom. The van der Waals surface area contributed by atoms with Gasteiger partial charge >= 0.3 is 6.03 Å². The van der Waals surface area contributed by atoms with Gasteiger partial charge in [-0.25, -0.2) is 13.6 Å². The van der Waals surface area contributed by atoms with E-state index in [-0.39, 0.29) is 18.0 Å². The Morgan fingerprint density at radius 3 is 2.41 bits per heavy atom. The number of amides is 2. The van der Waals surface area contributed by atoms with E-state index in [9.17, 15) is 18.7 Å². The Balaban J connectivity index is 2.91. The summed E-state index contributed by atoms with van der Waals surface area (Å²) in [6, 6.07) is 2.30. The first-order valence-electron chi connectivity index (χ1n) is 7.20. The van der Waals surface area contributed by atoms with Crippen molar-refractivity contribution in [3.8, 4) is 0 Å². The van der Waals surface area contributed by atoms with Crippen molar-refractivity contribution in [3.05, 3.63) is 35.4 Å². The average molecular weight is 314 g/mol. The molecule has 0 spiro atoms. The lowest BCUT2D eigenvalue weighted by Gasteiger charge is -2.29. The monoisotopic (exact) mass is 314 g/mol. The van der Waals surface area contributed by atoms with Crippen molar-refractivity contribution in [2.45, 2.75) is 39.3 Å². The van der Waals surface area contributed by atoms with Gasteiger partial charge in [0, 0.05) is 18.7 Å². The number of rotatable bonds is 5. The van der Waals surface area contributed by atoms with Crippen LogP contribution in [0.25, 0.3) is 0 Å². The minimum absolute atomic E-state index is 0.0838. The molecule has 6 heteroatoms. The summed E-state index contributed by atoms with van der Waals surface area (Å²) in [5.41, 5.74) is -0.790. The van der Waals surface area contributed by atoms with Gasteiger partial charge in [0.1, 0.15) is 11.6 Å². The molecule has 22 heavy (non-hydrogen) atoms. The highest BCUT2D eigenvalue weighted by molar-refractivity contribution is 5.74. The molecule has 4 nitrogen and oxygen atoms in total. The average Bonchev–Trinajstić information content (AvgIpc) is 2.34. The summed E-state index contributed by atoms with van der Waals surface area (Å²) < 4.78 is 27.0. The molecule has 0 fully saturated rings. The number of hydrogen-bond acceptors (Lipinski definition) is 2. The largest absolute Gasteiger partial charge is 0.389 e. The molecule has 0 bridgehead atoms. The number of nitrogens with one attached hydrogen (secondary N) is 1. The third-order valence-electron chi connectivity index (χ3n) is 3.21. The molecule has 0 radical (unpaired) electrons. The number of aliphatic hydroxyl groups is 1. The van der Waals surface area contributed by atoms with Crippen molar-refractivity contribution in [1.29, 1.82) is 0 Å². The molecule has 0 aliphatic rings. The first kappa shape index (κ1) is 18.4. The predicted molar refractivity (Wildman–Crippen MR) is 81.4 cm³/mol. The van der Waals surface area contributed by atoms with Crippen molar-refractivity contribution in [2.24, 2.45) is 5.92 Å². The fourth-order valence-electron chi connectivity index (χ4n) is 2.25. The van der Waals surface area contributed by atoms with E-state index < -0.39 is 29.3 Å². The topological polar surface area (TPSA) is 52.6 Å². The molecule has 1 rings (SSSR count). The fraction of sp³-hybridized carbons (Fsp3) is 0.562. The number of hydrogen-bond donors (Lipinski definition) is 2. The molecule has 2 amide bonds. The van der Waals surface area contributed by atoms with Crippen molar-refractivity contribution in [3.63, 3.8) is 0 Å². The highest BCUT2D eigenvalue weighted by atomic mass is 19.1. The van der Waals surface area contributed by atoms with Crippen molar-refractivity contribution in [2.75, 3.05) is 13.6 Å². The van der Waals surface area contributed by atoms with E-state index in [2.05, 4.69) is 5.32 Å². The molecule has 124 valence electrons. The maximum atomic E-state index is 13.9. The summed E-state index contributed by atoms with van der Waals surface area (Å²) in [7, 11) is 1.55. The van der Waals surface area contributed by atoms with Crippen LogP contribution in [0.1, 0.15) is 39.3 Å². The normalized spacial score (nSPS) is 13.1. The third-order valence-corrected chi connectivity index (χ3v) is 3.21. The van der Waals surface area contributed by atoms with Gasteiger partial charge in [0.25, 0.3) is 0 Å². The van der Waals surface area contributed by atoms with Gasteiger partial charge in [-0.1, -0.05) is 19.9 Å². The Bertz CT molecular complexity index is 527. The number of benzene rings is 1. The summed E-state index contributed by atoms with van der Waals surface area (Å²) in [6.07, 6.45) is 0. The number of carbonyl (C=O) groups excluding carboxylic acids is 1. The molecule has 1 aromatic carbocycles. The maximum absolute atomic E-state index is 13.9. The van der Waals surface area contributed by atoms with Gasteiger partial charge in [-0.05, 0) is 25.8 Å². The number of likely N-dealkylation sites (N-methyl/N-ethyl adjacent to an activating group) is 1. The van der Waals surface area contributed by atoms with Gasteiger partial charge in [-0.15, -0.1) is 0 Å². The highest BCUT2D eigenvalue weighted by Crippen LogP contribution is 2.25. The van der Waals surface area contributed by atoms with Crippen LogP contribution in [0.2, 0.25) is 0 Å². The van der Waals surface area contributed by atoms with Crippen molar-refractivity contribution >= 4 is 6.03 Å². The Hall–Kier alpha value is -1.69. The molecular formula is C16H24F2N2O2. The van der Waals surface area contributed by atoms with Crippen LogP contribution in [0.5, 0.6) is 0 Å². The first-order chi connectivity index (χ1) is 10.0. The van der Waals surface area contributed by atoms with Gasteiger partial charge in [-0.2, -0.15) is 0 Å². The quantitative estimate of drug-likeness (QED) is 0.877. The number of carbonyl (C=O) groups is 1. The van der Waals surface area contributed by atoms with E-state index in [0.717, 1.165) is 6.07 Å². The number of halogens is 2. The van der Waals surface area contributed by atoms with E-state index in [1.54, 1.807) is 20.9 Å². The molecule has 1 atom stereocenters. The first-order valence-corrected chi connectivity index (χ1v) is 7.20. The van der Waals surface area contributed by atoms with E-state index in [1.165, 1.54) is 17.0 Å². The molecule has 0 aromatic heterocycles. The molecule has 0 saturated carbocycles. The zero-order valence-electron chi connectivity index (χ0n) is 13.7. The van der Waals surface area contributed by atoms with E-state index in [1.807, 2.05) is 13.8 Å². The van der Waals surface area contributed by atoms with E-state index in [0.29, 0.717) is 0 Å². The Morgan fingerprint density at radius 1 is 1.36 bits per heavy atom. The lowest BCUT2D eigenvalue weighted by Crippen LogP contribution is -2.46. The number of urea groups is 1. The van der Waals surface area contributed by atoms with Gasteiger partial charge in [0.05, 0.1) is 18.2 Å². The Kier molecular flexibility index (Phi) is 5.88. The van der Waals surface area contributed by atoms with Gasteiger partial charge in [0.2, 0.25) is 0 Å². The molecule has 1 unspecified atom stereocenters. The predicted octanol–water partition coefficient (Wildman–Crippen LogP) is 3.07. The lowest BCUT2D eigenvalue weighted by atomic mass is 9.95. The Labute approximate surface area is 130 Å². The summed E-state index contributed by atoms with van der Waals surface area (Å²) in [6.45, 7) is 7.00. The van der Waals surface area contributed by atoms with Crippen LogP contribution in [-0.2, 0) is 0 Å². The molecule has 0 heterocycles. The van der Waals surface area contributed by atoms with E-state index in [4.69, 9.17) is 0 Å². The molecule has 0 aliphatic carbocycles. The molecule has 0 saturated heterocycles. The van der Waals surface area contributed by atoms with Crippen LogP contribution in [-0.4, -0.2) is 35.2 Å². The zero-order valence-corrected chi connectivity index (χ0v) is 13.7. The molecule has 0 aliphatic heterocycles. The standard InChI is InChI=1S/C16H24F2N2O2/c1-10(2)14(12-7-6-11(17)8-13(12)18)19-15(21)20(5)9-16(3,4)22/h6-8,10,14,22H,9H2,1-5H3,(H,19,21). The molecular weight excluding hydrogens is 290 g/mol. The third kappa shape index (κ3) is 5.26. The second-order valence-corrected chi connectivity index (χ2v) is 6.51. The summed E-state index contributed by atoms with van der Waals surface area (Å²) in [5.74, 6) is -1.43. The van der Waals surface area contributed by atoms with Crippen LogP contribution >= 0.6 is 0 Å². The van der Waals surface area contributed by atoms with Crippen LogP contribution in [0, 0.1) is 17.6 Å². The fourth-order valence-corrected chi connectivity index (χ4v) is 2.25. The second-order valence-electron chi connectivity index (χ2n) is 6.51. The second kappa shape index (κ2) is 7.05. The maximum Gasteiger partial charge on any atom is 0.317 e. The summed E-state index contributed by atoms with van der Waals surface area (Å²) >= 11 is 0. The van der Waals surface area contributed by atoms with Crippen molar-refractivity contribution in [1.82, 2.24) is 10.2 Å². The number of nitrogens with zero attached hydrogens (tertiary/aromatic N) is 1. The minimum atomic E-state index is -1.03. The zero-order chi connectivity index (χ0) is 17.1. The van der Waals surface area contributed by atoms with Gasteiger partial charge in [-0.3, -0.25) is 0 Å². The van der Waals surface area contributed by atoms with Gasteiger partial charge in [0.15, 0.2) is 0 Å². The van der Waals surface area contributed by atoms with Gasteiger partial charge < -0.3 is 15.3 Å². The smallest absolute Gasteiger partial charge is 0.317 e. The summed E-state index contributed by atoms with van der Waals surface area (Å²) in [4.78, 5) is 13.5. The van der Waals surface area contributed by atoms with E-state index >= 15 is 0 Å². The van der Waals surface area contributed by atoms with Crippen LogP contribution < -0.4 is 5.32 Å². The van der Waals surface area contributed by atoms with Crippen LogP contribution in [0.3, 0.4) is 0 Å². The lowest BCUT2D eigenvalue weighted by molar-refractivity contribution is 0.0525. The summed E-state index contributed by atoms with van der Waals surface area (Å²) in [5, 5.41) is 12.5. The molecule has 2 N–H and O–H groups in total. The van der Waals surface area contributed by atoms with Crippen molar-refractivity contribution < 1.29 is 18.7 Å². The molecule has 1 aromatic rings. The van der Waals surface area contributed by atoms with Crippen LogP contribution in [0.4, 0.5) is 13.6 Å². The highest BCUT2D eigenvalue weighted by Gasteiger charge is 2.25. The SMILES string of the molecule is CC(C)C(NC(=O)N(C)CC(C)(C)O)c1ccc(F)cc1F.